The Balaban J connectivity index is 1.88. The van der Waals surface area contributed by atoms with Crippen LogP contribution in [0.5, 0.6) is 0 Å². The van der Waals surface area contributed by atoms with Crippen molar-refractivity contribution < 1.29 is 27.4 Å². The van der Waals surface area contributed by atoms with Crippen LogP contribution in [-0.4, -0.2) is 31.3 Å². The molecule has 0 radical (unpaired) electrons. The Morgan fingerprint density at radius 2 is 2.17 bits per heavy atom. The molecule has 1 aliphatic rings. The lowest BCUT2D eigenvalue weighted by atomic mass is 10.0. The van der Waals surface area contributed by atoms with Crippen molar-refractivity contribution in [3.05, 3.63) is 35.4 Å². The number of rotatable bonds is 6. The molecule has 1 aliphatic heterocycles. The summed E-state index contributed by atoms with van der Waals surface area (Å²) in [6.07, 6.45) is -3.18. The molecule has 4 nitrogen and oxygen atoms in total. The number of carbonyl (C=O) groups is 1. The molecule has 0 saturated carbocycles. The molecule has 0 aromatic heterocycles. The number of carbonyl (C=O) groups excluding carboxylic acids is 1. The SMILES string of the molecule is CC(OCC1CCCO1)C(=O)NC(C)c1cccc(C(F)(F)F)c1. The number of amides is 1. The average molecular weight is 345 g/mol. The number of hydrogen-bond acceptors (Lipinski definition) is 3. The van der Waals surface area contributed by atoms with Gasteiger partial charge in [-0.25, -0.2) is 0 Å². The summed E-state index contributed by atoms with van der Waals surface area (Å²) in [6.45, 7) is 4.30. The number of halogens is 3. The maximum atomic E-state index is 12.8. The highest BCUT2D eigenvalue weighted by atomic mass is 19.4. The molecule has 1 aromatic carbocycles. The first-order valence-electron chi connectivity index (χ1n) is 7.98. The zero-order valence-electron chi connectivity index (χ0n) is 13.7. The van der Waals surface area contributed by atoms with Crippen LogP contribution in [0.4, 0.5) is 13.2 Å². The van der Waals surface area contributed by atoms with Gasteiger partial charge in [-0.05, 0) is 44.4 Å². The van der Waals surface area contributed by atoms with E-state index in [1.165, 1.54) is 6.07 Å². The van der Waals surface area contributed by atoms with Gasteiger partial charge in [0, 0.05) is 6.61 Å². The van der Waals surface area contributed by atoms with Crippen LogP contribution < -0.4 is 5.32 Å². The van der Waals surface area contributed by atoms with Gasteiger partial charge in [0.15, 0.2) is 0 Å². The number of nitrogens with one attached hydrogen (secondary N) is 1. The Kier molecular flexibility index (Phi) is 6.23. The number of benzene rings is 1. The minimum atomic E-state index is -4.41. The van der Waals surface area contributed by atoms with E-state index in [0.717, 1.165) is 25.0 Å². The van der Waals surface area contributed by atoms with E-state index in [9.17, 15) is 18.0 Å². The monoisotopic (exact) mass is 345 g/mol. The third kappa shape index (κ3) is 5.21. The van der Waals surface area contributed by atoms with Gasteiger partial charge in [0.1, 0.15) is 6.10 Å². The van der Waals surface area contributed by atoms with Crippen LogP contribution >= 0.6 is 0 Å². The normalized spacial score (nSPS) is 20.6. The molecule has 3 unspecified atom stereocenters. The van der Waals surface area contributed by atoms with Crippen molar-refractivity contribution in [1.29, 1.82) is 0 Å². The molecule has 24 heavy (non-hydrogen) atoms. The molecule has 3 atom stereocenters. The molecule has 7 heteroatoms. The van der Waals surface area contributed by atoms with Crippen LogP contribution in [-0.2, 0) is 20.4 Å². The minimum absolute atomic E-state index is 0.0149. The van der Waals surface area contributed by atoms with Gasteiger partial charge >= 0.3 is 6.18 Å². The summed E-state index contributed by atoms with van der Waals surface area (Å²) in [5.74, 6) is -0.363. The van der Waals surface area contributed by atoms with Gasteiger partial charge in [0.25, 0.3) is 0 Å². The Morgan fingerprint density at radius 1 is 1.42 bits per heavy atom. The fourth-order valence-electron chi connectivity index (χ4n) is 2.50. The lowest BCUT2D eigenvalue weighted by Crippen LogP contribution is -2.37. The lowest BCUT2D eigenvalue weighted by molar-refractivity contribution is -0.137. The van der Waals surface area contributed by atoms with Crippen molar-refractivity contribution in [2.24, 2.45) is 0 Å². The zero-order chi connectivity index (χ0) is 17.7. The van der Waals surface area contributed by atoms with Gasteiger partial charge in [-0.3, -0.25) is 4.79 Å². The van der Waals surface area contributed by atoms with Gasteiger partial charge in [-0.1, -0.05) is 12.1 Å². The molecule has 0 bridgehead atoms. The quantitative estimate of drug-likeness (QED) is 0.859. The summed E-state index contributed by atoms with van der Waals surface area (Å²) in [6, 6.07) is 4.39. The van der Waals surface area contributed by atoms with E-state index in [1.54, 1.807) is 19.9 Å². The van der Waals surface area contributed by atoms with Crippen LogP contribution in [0, 0.1) is 0 Å². The van der Waals surface area contributed by atoms with Crippen molar-refractivity contribution >= 4 is 5.91 Å². The molecule has 1 heterocycles. The predicted molar refractivity (Wildman–Crippen MR) is 82.4 cm³/mol. The molecule has 1 amide bonds. The maximum absolute atomic E-state index is 12.8. The van der Waals surface area contributed by atoms with Gasteiger partial charge in [-0.15, -0.1) is 0 Å². The van der Waals surface area contributed by atoms with Crippen LogP contribution in [0.25, 0.3) is 0 Å². The zero-order valence-corrected chi connectivity index (χ0v) is 13.7. The molecule has 1 aromatic rings. The van der Waals surface area contributed by atoms with E-state index >= 15 is 0 Å². The van der Waals surface area contributed by atoms with E-state index in [1.807, 2.05) is 0 Å². The van der Waals surface area contributed by atoms with E-state index < -0.39 is 23.9 Å². The predicted octanol–water partition coefficient (Wildman–Crippen LogP) is 3.47. The number of ether oxygens (including phenoxy) is 2. The summed E-state index contributed by atoms with van der Waals surface area (Å²) < 4.78 is 49.2. The largest absolute Gasteiger partial charge is 0.416 e. The highest BCUT2D eigenvalue weighted by Crippen LogP contribution is 2.30. The van der Waals surface area contributed by atoms with Crippen LogP contribution in [0.1, 0.15) is 43.9 Å². The summed E-state index contributed by atoms with van der Waals surface area (Å²) in [5, 5.41) is 2.68. The topological polar surface area (TPSA) is 47.6 Å². The molecule has 0 aliphatic carbocycles. The molecular weight excluding hydrogens is 323 g/mol. The third-order valence-electron chi connectivity index (χ3n) is 4.00. The van der Waals surface area contributed by atoms with Gasteiger partial charge in [-0.2, -0.15) is 13.2 Å². The first-order chi connectivity index (χ1) is 11.3. The lowest BCUT2D eigenvalue weighted by Gasteiger charge is -2.20. The van der Waals surface area contributed by atoms with Crippen LogP contribution in [0.15, 0.2) is 24.3 Å². The van der Waals surface area contributed by atoms with Gasteiger partial charge in [0.2, 0.25) is 5.91 Å². The van der Waals surface area contributed by atoms with E-state index in [4.69, 9.17) is 9.47 Å². The maximum Gasteiger partial charge on any atom is 0.416 e. The second-order valence-corrected chi connectivity index (χ2v) is 5.96. The summed E-state index contributed by atoms with van der Waals surface area (Å²) in [5.41, 5.74) is -0.340. The van der Waals surface area contributed by atoms with E-state index in [-0.39, 0.29) is 12.0 Å². The Morgan fingerprint density at radius 3 is 2.79 bits per heavy atom. The van der Waals surface area contributed by atoms with Crippen molar-refractivity contribution in [3.8, 4) is 0 Å². The van der Waals surface area contributed by atoms with Crippen LogP contribution in [0.3, 0.4) is 0 Å². The Labute approximate surface area is 139 Å². The van der Waals surface area contributed by atoms with E-state index in [0.29, 0.717) is 18.8 Å². The molecule has 134 valence electrons. The number of hydrogen-bond donors (Lipinski definition) is 1. The van der Waals surface area contributed by atoms with Crippen molar-refractivity contribution in [2.45, 2.75) is 51.1 Å². The average Bonchev–Trinajstić information content (AvgIpc) is 3.05. The summed E-state index contributed by atoms with van der Waals surface area (Å²) in [7, 11) is 0. The van der Waals surface area contributed by atoms with Crippen LogP contribution in [0.2, 0.25) is 0 Å². The standard InChI is InChI=1S/C17H22F3NO3/c1-11(13-5-3-6-14(9-13)17(18,19)20)21-16(22)12(2)24-10-15-7-4-8-23-15/h3,5-6,9,11-12,15H,4,7-8,10H2,1-2H3,(H,21,22). The summed E-state index contributed by atoms with van der Waals surface area (Å²) in [4.78, 5) is 12.1. The Bertz CT molecular complexity index is 556. The molecule has 0 spiro atoms. The van der Waals surface area contributed by atoms with Crippen molar-refractivity contribution in [1.82, 2.24) is 5.32 Å². The molecule has 1 saturated heterocycles. The van der Waals surface area contributed by atoms with Crippen molar-refractivity contribution in [2.75, 3.05) is 13.2 Å². The third-order valence-corrected chi connectivity index (χ3v) is 4.00. The van der Waals surface area contributed by atoms with Crippen molar-refractivity contribution in [3.63, 3.8) is 0 Å². The number of alkyl halides is 3. The summed E-state index contributed by atoms with van der Waals surface area (Å²) >= 11 is 0. The first kappa shape index (κ1) is 18.7. The van der Waals surface area contributed by atoms with Gasteiger partial charge in [0.05, 0.1) is 24.3 Å². The highest BCUT2D eigenvalue weighted by molar-refractivity contribution is 5.80. The Hall–Kier alpha value is -1.60. The van der Waals surface area contributed by atoms with Gasteiger partial charge < -0.3 is 14.8 Å². The smallest absolute Gasteiger partial charge is 0.376 e. The molecule has 1 fully saturated rings. The minimum Gasteiger partial charge on any atom is -0.376 e. The second kappa shape index (κ2) is 7.98. The second-order valence-electron chi connectivity index (χ2n) is 5.96. The molecule has 1 N–H and O–H groups in total. The van der Waals surface area contributed by atoms with E-state index in [2.05, 4.69) is 5.32 Å². The fraction of sp³-hybridized carbons (Fsp3) is 0.588. The molecule has 2 rings (SSSR count). The first-order valence-corrected chi connectivity index (χ1v) is 7.98. The highest BCUT2D eigenvalue weighted by Gasteiger charge is 2.31. The molecular formula is C17H22F3NO3. The fourth-order valence-corrected chi connectivity index (χ4v) is 2.50.